The molecule has 0 aromatic heterocycles. The van der Waals surface area contributed by atoms with Crippen LogP contribution in [0.25, 0.3) is 0 Å². The molecular weight excluding hydrogens is 476 g/mol. The van der Waals surface area contributed by atoms with E-state index in [0.29, 0.717) is 0 Å². The van der Waals surface area contributed by atoms with E-state index in [1.165, 1.54) is 0 Å². The first-order valence-corrected chi connectivity index (χ1v) is 2.83. The first-order valence-electron chi connectivity index (χ1n) is 2.83. The molecule has 0 amide bonds. The van der Waals surface area contributed by atoms with E-state index in [2.05, 4.69) is 0 Å². The molecule has 0 atom stereocenters. The van der Waals surface area contributed by atoms with Crippen molar-refractivity contribution in [2.24, 2.45) is 0 Å². The molecule has 0 bridgehead atoms. The minimum atomic E-state index is -2.92. The molecule has 0 radical (unpaired) electrons. The van der Waals surface area contributed by atoms with Crippen LogP contribution in [0.1, 0.15) is 0 Å². The zero-order chi connectivity index (χ0) is 14.3. The van der Waals surface area contributed by atoms with Gasteiger partial charge in [0.25, 0.3) is 0 Å². The Hall–Kier alpha value is 7.34. The Morgan fingerprint density at radius 1 is 0.227 bits per heavy atom. The van der Waals surface area contributed by atoms with E-state index in [-0.39, 0.29) is 226 Å². The van der Waals surface area contributed by atoms with Gasteiger partial charge in [-0.1, -0.05) is 0 Å². The van der Waals surface area contributed by atoms with E-state index in [4.69, 9.17) is 60.3 Å². The maximum atomic E-state index is 8.42. The average Bonchev–Trinajstić information content (AvgIpc) is 1.76. The van der Waals surface area contributed by atoms with E-state index in [1.807, 2.05) is 0 Å². The molecular formula is B4Ca6O12. The Balaban J connectivity index is -0.00000001000. The summed E-state index contributed by atoms with van der Waals surface area (Å²) in [6, 6.07) is 0. The number of hydrogen-bond donors (Lipinski definition) is 0. The third-order valence-electron chi connectivity index (χ3n) is 0. The third-order valence-corrected chi connectivity index (χ3v) is 0. The van der Waals surface area contributed by atoms with Crippen LogP contribution in [0.5, 0.6) is 0 Å². The van der Waals surface area contributed by atoms with Crippen LogP contribution in [0.2, 0.25) is 0 Å². The summed E-state index contributed by atoms with van der Waals surface area (Å²) in [5.74, 6) is 0. The van der Waals surface area contributed by atoms with Gasteiger partial charge in [-0.2, -0.15) is 0 Å². The second-order valence-corrected chi connectivity index (χ2v) is 1.15. The van der Waals surface area contributed by atoms with Crippen LogP contribution in [0.4, 0.5) is 0 Å². The van der Waals surface area contributed by atoms with Crippen LogP contribution in [0.3, 0.4) is 0 Å². The normalized spacial score (nSPS) is 4.91. The van der Waals surface area contributed by atoms with Crippen LogP contribution >= 0.6 is 0 Å². The first-order chi connectivity index (χ1) is 6.93. The summed E-state index contributed by atoms with van der Waals surface area (Å²) < 4.78 is 0. The Labute approximate surface area is 307 Å². The quantitative estimate of drug-likeness (QED) is 0.295. The molecule has 0 aliphatic carbocycles. The van der Waals surface area contributed by atoms with Crippen molar-refractivity contribution in [2.75, 3.05) is 0 Å². The van der Waals surface area contributed by atoms with Crippen molar-refractivity contribution in [3.8, 4) is 0 Å². The molecule has 0 saturated heterocycles. The zero-order valence-corrected chi connectivity index (χ0v) is 24.7. The third kappa shape index (κ3) is 352. The van der Waals surface area contributed by atoms with Gasteiger partial charge in [0.15, 0.2) is 0 Å². The van der Waals surface area contributed by atoms with Crippen molar-refractivity contribution in [2.45, 2.75) is 0 Å². The summed E-state index contributed by atoms with van der Waals surface area (Å²) >= 11 is 0. The Morgan fingerprint density at radius 3 is 0.227 bits per heavy atom. The minimum absolute atomic E-state index is 0. The summed E-state index contributed by atoms with van der Waals surface area (Å²) in [5, 5.41) is 101. The Morgan fingerprint density at radius 2 is 0.227 bits per heavy atom. The van der Waals surface area contributed by atoms with E-state index in [0.717, 1.165) is 0 Å². The first kappa shape index (κ1) is 63.0. The summed E-state index contributed by atoms with van der Waals surface area (Å²) in [6.45, 7) is 0. The predicted molar refractivity (Wildman–Crippen MR) is 57.5 cm³/mol. The Bertz CT molecular complexity index is 74.6. The van der Waals surface area contributed by atoms with Crippen molar-refractivity contribution in [1.82, 2.24) is 0 Å². The molecule has 0 aromatic carbocycles. The fraction of sp³-hybridized carbons (Fsp3) is 0. The van der Waals surface area contributed by atoms with E-state index >= 15 is 0 Å². The molecule has 0 spiro atoms. The van der Waals surface area contributed by atoms with Crippen LogP contribution in [0, 0.1) is 0 Å². The molecule has 0 aromatic rings. The van der Waals surface area contributed by atoms with Crippen molar-refractivity contribution < 1.29 is 60.3 Å². The standard InChI is InChI=1S/4BO3.6Ca/c4*2-1(3)4;;;;;;/q4*-3;6*+2. The second kappa shape index (κ2) is 56.6. The molecule has 0 aliphatic rings. The van der Waals surface area contributed by atoms with Crippen molar-refractivity contribution in [3.63, 3.8) is 0 Å². The van der Waals surface area contributed by atoms with Gasteiger partial charge in [0, 0.05) is 0 Å². The fourth-order valence-electron chi connectivity index (χ4n) is 0. The monoisotopic (exact) mass is 476 g/mol. The van der Waals surface area contributed by atoms with Gasteiger partial charge in [0.2, 0.25) is 0 Å². The van der Waals surface area contributed by atoms with Crippen molar-refractivity contribution in [3.05, 3.63) is 0 Å². The molecule has 22 heteroatoms. The van der Waals surface area contributed by atoms with Crippen LogP contribution in [-0.4, -0.2) is 256 Å². The predicted octanol–water partition coefficient (Wildman–Crippen LogP) is -18.1. The summed E-state index contributed by atoms with van der Waals surface area (Å²) in [5.41, 5.74) is 0. The maximum Gasteiger partial charge on any atom is 2.00 e. The number of rotatable bonds is 0. The zero-order valence-electron chi connectivity index (χ0n) is 11.5. The molecule has 12 nitrogen and oxygen atoms in total. The molecule has 0 heterocycles. The summed E-state index contributed by atoms with van der Waals surface area (Å²) in [4.78, 5) is 0. The van der Waals surface area contributed by atoms with Gasteiger partial charge in [-0.15, -0.1) is 0 Å². The maximum absolute atomic E-state index is 8.42. The molecule has 0 N–H and O–H groups in total. The number of hydrogen-bond acceptors (Lipinski definition) is 12. The van der Waals surface area contributed by atoms with Crippen LogP contribution in [0.15, 0.2) is 0 Å². The molecule has 0 unspecified atom stereocenters. The molecule has 0 saturated carbocycles. The molecule has 0 aliphatic heterocycles. The van der Waals surface area contributed by atoms with Crippen molar-refractivity contribution >= 4 is 256 Å². The smallest absolute Gasteiger partial charge is 0.907 e. The largest absolute Gasteiger partial charge is 2.00 e. The summed E-state index contributed by atoms with van der Waals surface area (Å²) in [7, 11) is -11.7. The SMILES string of the molecule is [Ca+2].[Ca+2].[Ca+2].[Ca+2].[Ca+2].[Ca+2].[O-]B([O-])[O-].[O-]B([O-])[O-].[O-]B([O-])[O-].[O-]B([O-])[O-]. The van der Waals surface area contributed by atoms with Gasteiger partial charge in [-0.3, -0.25) is 29.3 Å². The van der Waals surface area contributed by atoms with E-state index < -0.39 is 29.3 Å². The van der Waals surface area contributed by atoms with Crippen molar-refractivity contribution in [1.29, 1.82) is 0 Å². The van der Waals surface area contributed by atoms with Crippen LogP contribution < -0.4 is 60.3 Å². The van der Waals surface area contributed by atoms with Gasteiger partial charge in [0.05, 0.1) is 0 Å². The molecule has 0 fully saturated rings. The topological polar surface area (TPSA) is 277 Å². The molecule has 96 valence electrons. The van der Waals surface area contributed by atoms with E-state index in [9.17, 15) is 0 Å². The van der Waals surface area contributed by atoms with Crippen LogP contribution in [-0.2, 0) is 0 Å². The minimum Gasteiger partial charge on any atom is -0.907 e. The average molecular weight is 476 g/mol. The fourth-order valence-corrected chi connectivity index (χ4v) is 0. The second-order valence-electron chi connectivity index (χ2n) is 1.15. The van der Waals surface area contributed by atoms with Gasteiger partial charge in [-0.25, -0.2) is 0 Å². The molecule has 0 rings (SSSR count). The van der Waals surface area contributed by atoms with Gasteiger partial charge in [0.1, 0.15) is 0 Å². The summed E-state index contributed by atoms with van der Waals surface area (Å²) in [6.07, 6.45) is 0. The molecule has 22 heavy (non-hydrogen) atoms. The van der Waals surface area contributed by atoms with Gasteiger partial charge < -0.3 is 60.3 Å². The van der Waals surface area contributed by atoms with Gasteiger partial charge in [-0.05, 0) is 0 Å². The Kier molecular flexibility index (Phi) is 162. The van der Waals surface area contributed by atoms with Gasteiger partial charge >= 0.3 is 226 Å². The van der Waals surface area contributed by atoms with E-state index in [1.54, 1.807) is 0 Å².